The Kier molecular flexibility index (Phi) is 10.6. The summed E-state index contributed by atoms with van der Waals surface area (Å²) >= 11 is 0. The monoisotopic (exact) mass is 256 g/mol. The van der Waals surface area contributed by atoms with Crippen LogP contribution in [0.4, 0.5) is 0 Å². The number of ether oxygens (including phenoxy) is 2. The highest BCUT2D eigenvalue weighted by Crippen LogP contribution is 1.92. The number of carbonyl (C=O) groups excluding carboxylic acids is 2. The van der Waals surface area contributed by atoms with Crippen LogP contribution < -0.4 is 0 Å². The summed E-state index contributed by atoms with van der Waals surface area (Å²) < 4.78 is 8.99. The van der Waals surface area contributed by atoms with Gasteiger partial charge in [0.2, 0.25) is 0 Å². The van der Waals surface area contributed by atoms with E-state index in [1.165, 1.54) is 14.2 Å². The third-order valence-corrected chi connectivity index (χ3v) is 2.07. The summed E-state index contributed by atoms with van der Waals surface area (Å²) in [7, 11) is 2.74. The van der Waals surface area contributed by atoms with Crippen LogP contribution in [0.5, 0.6) is 0 Å². The van der Waals surface area contributed by atoms with E-state index < -0.39 is 0 Å². The lowest BCUT2D eigenvalue weighted by Crippen LogP contribution is -2.00. The van der Waals surface area contributed by atoms with E-state index in [1.807, 2.05) is 0 Å². The number of nitrogens with zero attached hydrogens (tertiary/aromatic N) is 2. The summed E-state index contributed by atoms with van der Waals surface area (Å²) in [5.74, 6) is -0.441. The molecule has 0 fully saturated rings. The van der Waals surface area contributed by atoms with Crippen molar-refractivity contribution >= 4 is 24.4 Å². The van der Waals surface area contributed by atoms with Gasteiger partial charge in [0.15, 0.2) is 0 Å². The molecule has 0 saturated carbocycles. The molecule has 6 nitrogen and oxygen atoms in total. The molecule has 0 unspecified atom stereocenters. The molecule has 0 aromatic carbocycles. The van der Waals surface area contributed by atoms with Crippen LogP contribution in [0, 0.1) is 0 Å². The Morgan fingerprint density at radius 1 is 0.889 bits per heavy atom. The van der Waals surface area contributed by atoms with Gasteiger partial charge in [-0.3, -0.25) is 19.6 Å². The predicted molar refractivity (Wildman–Crippen MR) is 69.2 cm³/mol. The van der Waals surface area contributed by atoms with Crippen molar-refractivity contribution in [2.24, 2.45) is 9.98 Å². The third-order valence-electron chi connectivity index (χ3n) is 2.07. The van der Waals surface area contributed by atoms with Crippen molar-refractivity contribution in [3.63, 3.8) is 0 Å². The maximum Gasteiger partial charge on any atom is 0.305 e. The highest BCUT2D eigenvalue weighted by atomic mass is 16.5. The zero-order chi connectivity index (χ0) is 13.6. The Labute approximate surface area is 107 Å². The topological polar surface area (TPSA) is 77.3 Å². The number of aliphatic imine (C=N–C) groups is 2. The van der Waals surface area contributed by atoms with Crippen LogP contribution in [0.1, 0.15) is 25.7 Å². The van der Waals surface area contributed by atoms with E-state index in [-0.39, 0.29) is 11.9 Å². The zero-order valence-electron chi connectivity index (χ0n) is 10.9. The van der Waals surface area contributed by atoms with Crippen LogP contribution in [0.2, 0.25) is 0 Å². The van der Waals surface area contributed by atoms with Gasteiger partial charge in [-0.1, -0.05) is 0 Å². The fraction of sp³-hybridized carbons (Fsp3) is 0.667. The largest absolute Gasteiger partial charge is 0.469 e. The van der Waals surface area contributed by atoms with E-state index in [2.05, 4.69) is 19.5 Å². The Morgan fingerprint density at radius 2 is 1.28 bits per heavy atom. The van der Waals surface area contributed by atoms with Gasteiger partial charge in [-0.25, -0.2) is 0 Å². The third kappa shape index (κ3) is 10.8. The van der Waals surface area contributed by atoms with Crippen molar-refractivity contribution in [3.05, 3.63) is 0 Å². The van der Waals surface area contributed by atoms with Crippen molar-refractivity contribution in [2.45, 2.75) is 25.7 Å². The number of hydrogen-bond donors (Lipinski definition) is 0. The smallest absolute Gasteiger partial charge is 0.305 e. The van der Waals surface area contributed by atoms with Crippen molar-refractivity contribution < 1.29 is 19.1 Å². The molecular weight excluding hydrogens is 236 g/mol. The van der Waals surface area contributed by atoms with E-state index in [1.54, 1.807) is 12.4 Å². The minimum Gasteiger partial charge on any atom is -0.469 e. The second-order valence-electron chi connectivity index (χ2n) is 3.47. The van der Waals surface area contributed by atoms with Gasteiger partial charge in [0.25, 0.3) is 0 Å². The Morgan fingerprint density at radius 3 is 1.61 bits per heavy atom. The number of carbonyl (C=O) groups is 2. The maximum absolute atomic E-state index is 10.8. The van der Waals surface area contributed by atoms with Crippen LogP contribution >= 0.6 is 0 Å². The molecule has 0 heterocycles. The number of rotatable bonds is 9. The average molecular weight is 256 g/mol. The summed E-state index contributed by atoms with van der Waals surface area (Å²) in [6, 6.07) is 0. The molecular formula is C12H20N2O4. The average Bonchev–Trinajstić information content (AvgIpc) is 2.40. The fourth-order valence-electron chi connectivity index (χ4n) is 1.08. The molecule has 6 heteroatoms. The molecule has 0 amide bonds. The highest BCUT2D eigenvalue weighted by Gasteiger charge is 1.97. The summed E-state index contributed by atoms with van der Waals surface area (Å²) in [5, 5.41) is 0. The summed E-state index contributed by atoms with van der Waals surface area (Å²) in [6.45, 7) is 1.15. The molecule has 0 aliphatic rings. The normalized spacial score (nSPS) is 11.0. The molecule has 0 N–H and O–H groups in total. The lowest BCUT2D eigenvalue weighted by atomic mass is 10.3. The van der Waals surface area contributed by atoms with E-state index in [4.69, 9.17) is 0 Å². The Bertz CT molecular complexity index is 270. The number of esters is 2. The van der Waals surface area contributed by atoms with Gasteiger partial charge in [-0.05, 0) is 12.8 Å². The molecule has 102 valence electrons. The van der Waals surface area contributed by atoms with Gasteiger partial charge in [-0.2, -0.15) is 0 Å². The van der Waals surface area contributed by atoms with Crippen molar-refractivity contribution in [1.82, 2.24) is 0 Å². The van der Waals surface area contributed by atoms with E-state index >= 15 is 0 Å². The molecule has 0 aromatic heterocycles. The molecule has 0 radical (unpaired) electrons. The highest BCUT2D eigenvalue weighted by molar-refractivity contribution is 6.15. The molecule has 0 aliphatic heterocycles. The summed E-state index contributed by atoms with van der Waals surface area (Å²) in [5.41, 5.74) is 0. The molecule has 0 atom stereocenters. The van der Waals surface area contributed by atoms with Crippen molar-refractivity contribution in [1.29, 1.82) is 0 Å². The first kappa shape index (κ1) is 16.3. The van der Waals surface area contributed by atoms with Crippen molar-refractivity contribution in [2.75, 3.05) is 27.3 Å². The lowest BCUT2D eigenvalue weighted by Gasteiger charge is -1.95. The molecule has 0 saturated heterocycles. The number of hydrogen-bond acceptors (Lipinski definition) is 6. The van der Waals surface area contributed by atoms with Gasteiger partial charge in [0.1, 0.15) is 0 Å². The Balaban J connectivity index is 3.40. The first-order valence-electron chi connectivity index (χ1n) is 5.82. The molecule has 0 aromatic rings. The molecule has 0 aliphatic carbocycles. The lowest BCUT2D eigenvalue weighted by molar-refractivity contribution is -0.141. The van der Waals surface area contributed by atoms with Gasteiger partial charge >= 0.3 is 11.9 Å². The second kappa shape index (κ2) is 11.8. The van der Waals surface area contributed by atoms with Crippen LogP contribution in [-0.2, 0) is 19.1 Å². The molecule has 0 rings (SSSR count). The van der Waals surface area contributed by atoms with E-state index in [0.29, 0.717) is 38.8 Å². The van der Waals surface area contributed by atoms with Gasteiger partial charge in [0, 0.05) is 38.4 Å². The first-order valence-corrected chi connectivity index (χ1v) is 5.82. The van der Waals surface area contributed by atoms with Crippen LogP contribution in [-0.4, -0.2) is 51.7 Å². The molecule has 18 heavy (non-hydrogen) atoms. The Hall–Kier alpha value is -1.72. The van der Waals surface area contributed by atoms with Crippen molar-refractivity contribution in [3.8, 4) is 0 Å². The van der Waals surface area contributed by atoms with E-state index in [0.717, 1.165) is 0 Å². The SMILES string of the molecule is COC(=O)CCCN=CC=NCCCC(=O)OC. The maximum atomic E-state index is 10.8. The van der Waals surface area contributed by atoms with E-state index in [9.17, 15) is 9.59 Å². The van der Waals surface area contributed by atoms with Crippen LogP contribution in [0.3, 0.4) is 0 Å². The summed E-state index contributed by atoms with van der Waals surface area (Å²) in [6.07, 6.45) is 5.28. The standard InChI is InChI=1S/C12H20N2O4/c1-17-11(15)5-3-7-13-9-10-14-8-4-6-12(16)18-2/h9-10H,3-8H2,1-2H3. The minimum absolute atomic E-state index is 0.221. The quantitative estimate of drug-likeness (QED) is 0.351. The zero-order valence-corrected chi connectivity index (χ0v) is 10.9. The second-order valence-corrected chi connectivity index (χ2v) is 3.47. The van der Waals surface area contributed by atoms with Gasteiger partial charge < -0.3 is 9.47 Å². The number of methoxy groups -OCH3 is 2. The first-order chi connectivity index (χ1) is 8.70. The van der Waals surface area contributed by atoms with Crippen LogP contribution in [0.25, 0.3) is 0 Å². The fourth-order valence-corrected chi connectivity index (χ4v) is 1.08. The van der Waals surface area contributed by atoms with Crippen LogP contribution in [0.15, 0.2) is 9.98 Å². The molecule has 0 spiro atoms. The molecule has 0 bridgehead atoms. The van der Waals surface area contributed by atoms with Gasteiger partial charge in [0.05, 0.1) is 14.2 Å². The minimum atomic E-state index is -0.221. The summed E-state index contributed by atoms with van der Waals surface area (Å²) in [4.78, 5) is 29.6. The van der Waals surface area contributed by atoms with Gasteiger partial charge in [-0.15, -0.1) is 0 Å². The predicted octanol–water partition coefficient (Wildman–Crippen LogP) is 1.03.